The lowest BCUT2D eigenvalue weighted by atomic mass is 10.0. The van der Waals surface area contributed by atoms with Gasteiger partial charge in [-0.05, 0) is 48.5 Å². The molecular formula is C31H24O6. The van der Waals surface area contributed by atoms with Gasteiger partial charge in [-0.2, -0.15) is 0 Å². The molecule has 0 aromatic heterocycles. The summed E-state index contributed by atoms with van der Waals surface area (Å²) in [6, 6.07) is 29.8. The predicted octanol–water partition coefficient (Wildman–Crippen LogP) is 5.67. The number of hydrogen-bond donors (Lipinski definition) is 0. The summed E-state index contributed by atoms with van der Waals surface area (Å²) in [5.74, 6) is -1.07. The third kappa shape index (κ3) is 6.64. The first kappa shape index (κ1) is 25.3. The molecule has 184 valence electrons. The van der Waals surface area contributed by atoms with Gasteiger partial charge in [-0.3, -0.25) is 19.2 Å². The van der Waals surface area contributed by atoms with E-state index < -0.39 is 23.1 Å². The zero-order valence-corrected chi connectivity index (χ0v) is 20.0. The summed E-state index contributed by atoms with van der Waals surface area (Å²) < 4.78 is 11.4. The molecule has 4 aromatic rings. The number of carbonyl (C=O) groups is 4. The summed E-state index contributed by atoms with van der Waals surface area (Å²) in [5, 5.41) is 0. The van der Waals surface area contributed by atoms with E-state index in [1.54, 1.807) is 109 Å². The molecule has 0 amide bonds. The second-order valence-electron chi connectivity index (χ2n) is 8.15. The fourth-order valence-electron chi connectivity index (χ4n) is 3.55. The quantitative estimate of drug-likeness (QED) is 0.144. The van der Waals surface area contributed by atoms with Crippen molar-refractivity contribution in [3.8, 4) is 11.5 Å². The highest BCUT2D eigenvalue weighted by Crippen LogP contribution is 2.17. The van der Waals surface area contributed by atoms with Gasteiger partial charge in [-0.25, -0.2) is 0 Å². The van der Waals surface area contributed by atoms with E-state index in [1.807, 2.05) is 0 Å². The minimum absolute atomic E-state index is 0.303. The molecule has 0 aliphatic carbocycles. The van der Waals surface area contributed by atoms with Gasteiger partial charge in [0.2, 0.25) is 23.1 Å². The van der Waals surface area contributed by atoms with Crippen LogP contribution in [0.1, 0.15) is 47.9 Å². The lowest BCUT2D eigenvalue weighted by molar-refractivity contribution is 0.0817. The van der Waals surface area contributed by atoms with Gasteiger partial charge in [-0.15, -0.1) is 0 Å². The predicted molar refractivity (Wildman–Crippen MR) is 139 cm³/mol. The van der Waals surface area contributed by atoms with Gasteiger partial charge < -0.3 is 9.47 Å². The molecule has 0 saturated heterocycles. The fourth-order valence-corrected chi connectivity index (χ4v) is 3.55. The monoisotopic (exact) mass is 492 g/mol. The second-order valence-corrected chi connectivity index (χ2v) is 8.15. The number of rotatable bonds is 12. The Bertz CT molecular complexity index is 1270. The van der Waals surface area contributed by atoms with Crippen LogP contribution in [0.25, 0.3) is 0 Å². The second kappa shape index (κ2) is 12.2. The number of carbonyl (C=O) groups excluding carboxylic acids is 4. The Labute approximate surface area is 214 Å². The number of ether oxygens (including phenoxy) is 2. The van der Waals surface area contributed by atoms with E-state index in [-0.39, 0.29) is 0 Å². The largest absolute Gasteiger partial charge is 0.493 e. The summed E-state index contributed by atoms with van der Waals surface area (Å²) in [6.07, 6.45) is 0.598. The van der Waals surface area contributed by atoms with Gasteiger partial charge in [-0.1, -0.05) is 60.7 Å². The highest BCUT2D eigenvalue weighted by molar-refractivity contribution is 6.49. The molecule has 6 heteroatoms. The van der Waals surface area contributed by atoms with E-state index in [1.165, 1.54) is 0 Å². The maximum atomic E-state index is 12.4. The molecule has 6 nitrogen and oxygen atoms in total. The van der Waals surface area contributed by atoms with Crippen LogP contribution in [0.5, 0.6) is 11.5 Å². The van der Waals surface area contributed by atoms with E-state index in [0.717, 1.165) is 0 Å². The van der Waals surface area contributed by atoms with Crippen molar-refractivity contribution in [3.05, 3.63) is 131 Å². The lowest BCUT2D eigenvalue weighted by Gasteiger charge is -2.09. The van der Waals surface area contributed by atoms with Crippen LogP contribution >= 0.6 is 0 Å². The lowest BCUT2D eigenvalue weighted by Crippen LogP contribution is -2.14. The molecular weight excluding hydrogens is 468 g/mol. The Balaban J connectivity index is 1.20. The van der Waals surface area contributed by atoms with E-state index in [2.05, 4.69) is 0 Å². The molecule has 0 aliphatic rings. The first-order valence-corrected chi connectivity index (χ1v) is 11.8. The molecule has 4 rings (SSSR count). The summed E-state index contributed by atoms with van der Waals surface area (Å²) in [5.41, 5.74) is 1.32. The first-order valence-electron chi connectivity index (χ1n) is 11.8. The summed E-state index contributed by atoms with van der Waals surface area (Å²) in [6.45, 7) is 0.775. The maximum absolute atomic E-state index is 12.4. The Morgan fingerprint density at radius 2 is 0.703 bits per heavy atom. The van der Waals surface area contributed by atoms with Crippen LogP contribution < -0.4 is 9.47 Å². The van der Waals surface area contributed by atoms with Crippen molar-refractivity contribution < 1.29 is 28.7 Å². The molecule has 37 heavy (non-hydrogen) atoms. The topological polar surface area (TPSA) is 86.7 Å². The minimum Gasteiger partial charge on any atom is -0.493 e. The zero-order valence-electron chi connectivity index (χ0n) is 20.0. The highest BCUT2D eigenvalue weighted by Gasteiger charge is 2.19. The molecule has 0 radical (unpaired) electrons. The minimum atomic E-state index is -0.566. The van der Waals surface area contributed by atoms with Crippen LogP contribution in [-0.4, -0.2) is 36.3 Å². The average molecular weight is 493 g/mol. The van der Waals surface area contributed by atoms with E-state index in [9.17, 15) is 19.2 Å². The summed E-state index contributed by atoms with van der Waals surface area (Å²) >= 11 is 0. The van der Waals surface area contributed by atoms with Crippen molar-refractivity contribution >= 4 is 23.1 Å². The van der Waals surface area contributed by atoms with Gasteiger partial charge in [0, 0.05) is 28.7 Å². The molecule has 4 aromatic carbocycles. The molecule has 0 heterocycles. The van der Waals surface area contributed by atoms with E-state index in [0.29, 0.717) is 53.4 Å². The Morgan fingerprint density at radius 3 is 1.03 bits per heavy atom. The van der Waals surface area contributed by atoms with Crippen molar-refractivity contribution in [1.82, 2.24) is 0 Å². The number of hydrogen-bond acceptors (Lipinski definition) is 6. The SMILES string of the molecule is O=C(C(=O)c1ccc(OCCCOc2ccc(C(=O)C(=O)c3ccccc3)cc2)cc1)c1ccccc1. The maximum Gasteiger partial charge on any atom is 0.233 e. The van der Waals surface area contributed by atoms with Crippen LogP contribution in [0.2, 0.25) is 0 Å². The average Bonchev–Trinajstić information content (AvgIpc) is 2.97. The smallest absolute Gasteiger partial charge is 0.233 e. The number of ketones is 4. The molecule has 0 aliphatic heterocycles. The standard InChI is InChI=1S/C31H24O6/c32-28(22-8-3-1-4-9-22)30(34)24-12-16-26(17-13-24)36-20-7-21-37-27-18-14-25(15-19-27)31(35)29(33)23-10-5-2-6-11-23/h1-6,8-19H,7,20-21H2. The van der Waals surface area contributed by atoms with Crippen LogP contribution in [0.3, 0.4) is 0 Å². The van der Waals surface area contributed by atoms with Gasteiger partial charge in [0.05, 0.1) is 13.2 Å². The Morgan fingerprint density at radius 1 is 0.405 bits per heavy atom. The number of Topliss-reactive ketones (excluding diaryl/α,β-unsaturated/α-hetero) is 4. The van der Waals surface area contributed by atoms with Crippen LogP contribution in [0.15, 0.2) is 109 Å². The molecule has 0 N–H and O–H groups in total. The highest BCUT2D eigenvalue weighted by atomic mass is 16.5. The molecule has 0 bridgehead atoms. The van der Waals surface area contributed by atoms with Crippen molar-refractivity contribution in [3.63, 3.8) is 0 Å². The van der Waals surface area contributed by atoms with E-state index >= 15 is 0 Å². The normalized spacial score (nSPS) is 10.4. The van der Waals surface area contributed by atoms with Crippen LogP contribution in [-0.2, 0) is 0 Å². The van der Waals surface area contributed by atoms with Crippen LogP contribution in [0, 0.1) is 0 Å². The molecule has 0 unspecified atom stereocenters. The van der Waals surface area contributed by atoms with Gasteiger partial charge in [0.25, 0.3) is 0 Å². The third-order valence-electron chi connectivity index (χ3n) is 5.54. The van der Waals surface area contributed by atoms with E-state index in [4.69, 9.17) is 9.47 Å². The zero-order chi connectivity index (χ0) is 26.0. The molecule has 0 fully saturated rings. The fraction of sp³-hybridized carbons (Fsp3) is 0.0968. The molecule has 0 atom stereocenters. The van der Waals surface area contributed by atoms with Crippen molar-refractivity contribution in [2.24, 2.45) is 0 Å². The first-order chi connectivity index (χ1) is 18.0. The van der Waals surface area contributed by atoms with Gasteiger partial charge >= 0.3 is 0 Å². The van der Waals surface area contributed by atoms with Gasteiger partial charge in [0.1, 0.15) is 11.5 Å². The summed E-state index contributed by atoms with van der Waals surface area (Å²) in [4.78, 5) is 49.4. The van der Waals surface area contributed by atoms with Gasteiger partial charge in [0.15, 0.2) is 0 Å². The summed E-state index contributed by atoms with van der Waals surface area (Å²) in [7, 11) is 0. The Hall–Kier alpha value is -4.84. The van der Waals surface area contributed by atoms with Crippen molar-refractivity contribution in [2.45, 2.75) is 6.42 Å². The Kier molecular flexibility index (Phi) is 8.34. The number of benzene rings is 4. The third-order valence-corrected chi connectivity index (χ3v) is 5.54. The van der Waals surface area contributed by atoms with Crippen molar-refractivity contribution in [1.29, 1.82) is 0 Å². The van der Waals surface area contributed by atoms with Crippen LogP contribution in [0.4, 0.5) is 0 Å². The van der Waals surface area contributed by atoms with Crippen molar-refractivity contribution in [2.75, 3.05) is 13.2 Å². The molecule has 0 saturated carbocycles. The molecule has 0 spiro atoms.